The van der Waals surface area contributed by atoms with Gasteiger partial charge in [0.15, 0.2) is 0 Å². The van der Waals surface area contributed by atoms with E-state index in [1.807, 2.05) is 0 Å². The third-order valence-electron chi connectivity index (χ3n) is 2.64. The molecule has 0 fully saturated rings. The lowest BCUT2D eigenvalue weighted by Gasteiger charge is -2.17. The van der Waals surface area contributed by atoms with Crippen LogP contribution in [-0.2, 0) is 17.4 Å². The summed E-state index contributed by atoms with van der Waals surface area (Å²) in [6.07, 6.45) is 9.41. The second kappa shape index (κ2) is 5.63. The molecule has 1 heterocycles. The van der Waals surface area contributed by atoms with Crippen LogP contribution < -0.4 is 4.52 Å². The number of aromatic nitrogens is 2. The van der Waals surface area contributed by atoms with Gasteiger partial charge >= 0.3 is 5.77 Å². The molecule has 1 aliphatic carbocycles. The lowest BCUT2D eigenvalue weighted by molar-refractivity contribution is 0.498. The molecule has 0 unspecified atom stereocenters. The first kappa shape index (κ1) is 13.2. The van der Waals surface area contributed by atoms with E-state index < -0.39 is 5.77 Å². The van der Waals surface area contributed by atoms with E-state index in [1.54, 1.807) is 18.7 Å². The maximum atomic E-state index is 12.1. The normalized spacial score (nSPS) is 15.4. The van der Waals surface area contributed by atoms with Crippen LogP contribution in [0.3, 0.4) is 0 Å². The largest absolute Gasteiger partial charge is 0.409 e. The molecular weight excluding hydrogens is 275 g/mol. The van der Waals surface area contributed by atoms with Gasteiger partial charge in [0.1, 0.15) is 0 Å². The molecule has 1 aromatic rings. The molecule has 0 radical (unpaired) electrons. The van der Waals surface area contributed by atoms with Crippen LogP contribution in [0.2, 0.25) is 0 Å². The second-order valence-corrected chi connectivity index (χ2v) is 11.3. The molecule has 94 valence electrons. The Morgan fingerprint density at radius 3 is 2.53 bits per heavy atom. The predicted octanol–water partition coefficient (Wildman–Crippen LogP) is 3.57. The van der Waals surface area contributed by atoms with Crippen molar-refractivity contribution in [2.45, 2.75) is 25.7 Å². The summed E-state index contributed by atoms with van der Waals surface area (Å²) in [5, 5.41) is 0. The van der Waals surface area contributed by atoms with E-state index >= 15 is 0 Å². The molecule has 0 spiro atoms. The SMILES string of the molecule is CSP(=O)(Oc1cnc2c(n1)CCCC2)SC. The highest BCUT2D eigenvalue weighted by Crippen LogP contribution is 2.66. The fraction of sp³-hybridized carbons (Fsp3) is 0.600. The Bertz CT molecular complexity index is 448. The molecule has 0 aromatic carbocycles. The van der Waals surface area contributed by atoms with Gasteiger partial charge in [-0.25, -0.2) is 4.98 Å². The van der Waals surface area contributed by atoms with Crippen LogP contribution in [0.5, 0.6) is 5.88 Å². The summed E-state index contributed by atoms with van der Waals surface area (Å²) >= 11 is 2.47. The molecule has 0 atom stereocenters. The van der Waals surface area contributed by atoms with E-state index in [1.165, 1.54) is 29.2 Å². The molecule has 0 aliphatic heterocycles. The minimum atomic E-state index is -2.71. The number of hydrogen-bond acceptors (Lipinski definition) is 6. The van der Waals surface area contributed by atoms with Crippen LogP contribution in [0, 0.1) is 0 Å². The summed E-state index contributed by atoms with van der Waals surface area (Å²) in [6.45, 7) is 0. The monoisotopic (exact) mass is 290 g/mol. The third-order valence-corrected chi connectivity index (χ3v) is 9.76. The fourth-order valence-electron chi connectivity index (χ4n) is 1.74. The average molecular weight is 290 g/mol. The number of hydrogen-bond donors (Lipinski definition) is 0. The van der Waals surface area contributed by atoms with Crippen molar-refractivity contribution in [2.24, 2.45) is 0 Å². The Morgan fingerprint density at radius 1 is 1.24 bits per heavy atom. The zero-order chi connectivity index (χ0) is 12.3. The number of aryl methyl sites for hydroxylation is 2. The van der Waals surface area contributed by atoms with Gasteiger partial charge in [0, 0.05) is 0 Å². The van der Waals surface area contributed by atoms with Crippen LogP contribution in [0.15, 0.2) is 6.20 Å². The van der Waals surface area contributed by atoms with Gasteiger partial charge < -0.3 is 4.52 Å². The molecule has 1 aliphatic rings. The van der Waals surface area contributed by atoms with Crippen molar-refractivity contribution < 1.29 is 9.09 Å². The van der Waals surface area contributed by atoms with Gasteiger partial charge in [-0.1, -0.05) is 22.8 Å². The summed E-state index contributed by atoms with van der Waals surface area (Å²) in [7, 11) is 0. The van der Waals surface area contributed by atoms with E-state index in [4.69, 9.17) is 4.52 Å². The van der Waals surface area contributed by atoms with Gasteiger partial charge in [0.2, 0.25) is 5.88 Å². The number of rotatable bonds is 4. The van der Waals surface area contributed by atoms with E-state index in [9.17, 15) is 4.57 Å². The predicted molar refractivity (Wildman–Crippen MR) is 73.9 cm³/mol. The minimum Gasteiger partial charge on any atom is -0.409 e. The van der Waals surface area contributed by atoms with Crippen LogP contribution in [-0.4, -0.2) is 22.5 Å². The Morgan fingerprint density at radius 2 is 1.88 bits per heavy atom. The highest BCUT2D eigenvalue weighted by Gasteiger charge is 2.23. The highest BCUT2D eigenvalue weighted by molar-refractivity contribution is 8.89. The molecule has 7 heteroatoms. The van der Waals surface area contributed by atoms with E-state index in [0.717, 1.165) is 30.7 Å². The van der Waals surface area contributed by atoms with Crippen molar-refractivity contribution in [3.05, 3.63) is 17.6 Å². The van der Waals surface area contributed by atoms with Crippen molar-refractivity contribution >= 4 is 28.5 Å². The quantitative estimate of drug-likeness (QED) is 0.790. The first-order chi connectivity index (χ1) is 8.17. The summed E-state index contributed by atoms with van der Waals surface area (Å²) in [5.41, 5.74) is 2.06. The van der Waals surface area contributed by atoms with E-state index in [-0.39, 0.29) is 0 Å². The van der Waals surface area contributed by atoms with E-state index in [0.29, 0.717) is 5.88 Å². The smallest absolute Gasteiger partial charge is 0.360 e. The number of nitrogens with zero attached hydrogens (tertiary/aromatic N) is 2. The van der Waals surface area contributed by atoms with Crippen LogP contribution in [0.4, 0.5) is 0 Å². The summed E-state index contributed by atoms with van der Waals surface area (Å²) < 4.78 is 17.6. The van der Waals surface area contributed by atoms with Crippen molar-refractivity contribution in [3.8, 4) is 5.88 Å². The fourth-order valence-corrected chi connectivity index (χ4v) is 5.05. The van der Waals surface area contributed by atoms with Gasteiger partial charge in [-0.3, -0.25) is 9.55 Å². The zero-order valence-electron chi connectivity index (χ0n) is 9.88. The van der Waals surface area contributed by atoms with Gasteiger partial charge in [0.25, 0.3) is 0 Å². The van der Waals surface area contributed by atoms with Crippen molar-refractivity contribution in [1.82, 2.24) is 9.97 Å². The molecule has 0 saturated heterocycles. The Balaban J connectivity index is 2.20. The molecule has 17 heavy (non-hydrogen) atoms. The van der Waals surface area contributed by atoms with Crippen molar-refractivity contribution in [2.75, 3.05) is 12.5 Å². The third kappa shape index (κ3) is 3.18. The first-order valence-electron chi connectivity index (χ1n) is 5.43. The van der Waals surface area contributed by atoms with Crippen LogP contribution in [0.1, 0.15) is 24.2 Å². The second-order valence-electron chi connectivity index (χ2n) is 3.71. The maximum Gasteiger partial charge on any atom is 0.360 e. The molecule has 0 bridgehead atoms. The van der Waals surface area contributed by atoms with Gasteiger partial charge in [0.05, 0.1) is 17.6 Å². The summed E-state index contributed by atoms with van der Waals surface area (Å²) in [6, 6.07) is 0. The molecule has 4 nitrogen and oxygen atoms in total. The number of fused-ring (bicyclic) bond motifs is 1. The molecule has 2 rings (SSSR count). The Hall–Kier alpha value is -0.190. The molecule has 1 aromatic heterocycles. The molecule has 0 N–H and O–H groups in total. The maximum absolute atomic E-state index is 12.1. The van der Waals surface area contributed by atoms with Crippen molar-refractivity contribution in [1.29, 1.82) is 0 Å². The summed E-state index contributed by atoms with van der Waals surface area (Å²) in [5.74, 6) is -2.32. The first-order valence-corrected chi connectivity index (χ1v) is 10.7. The average Bonchev–Trinajstić information content (AvgIpc) is 2.38. The highest BCUT2D eigenvalue weighted by atomic mass is 33.1. The summed E-state index contributed by atoms with van der Waals surface area (Å²) in [4.78, 5) is 8.76. The zero-order valence-corrected chi connectivity index (χ0v) is 12.4. The van der Waals surface area contributed by atoms with Crippen LogP contribution in [0.25, 0.3) is 0 Å². The molecular formula is C10H15N2O2PS2. The lowest BCUT2D eigenvalue weighted by Crippen LogP contribution is -2.08. The lowest BCUT2D eigenvalue weighted by atomic mass is 10.0. The molecule has 0 saturated carbocycles. The Labute approximate surface area is 109 Å². The van der Waals surface area contributed by atoms with Gasteiger partial charge in [-0.05, 0) is 38.2 Å². The Kier molecular flexibility index (Phi) is 4.39. The van der Waals surface area contributed by atoms with Crippen LogP contribution >= 0.6 is 28.5 Å². The topological polar surface area (TPSA) is 52.1 Å². The van der Waals surface area contributed by atoms with Gasteiger partial charge in [-0.2, -0.15) is 0 Å². The van der Waals surface area contributed by atoms with Crippen molar-refractivity contribution in [3.63, 3.8) is 0 Å². The molecule has 0 amide bonds. The van der Waals surface area contributed by atoms with Gasteiger partial charge in [-0.15, -0.1) is 0 Å². The minimum absolute atomic E-state index is 0.387. The standard InChI is InChI=1S/C10H15N2O2PS2/c1-16-15(13,17-2)14-10-7-11-8-5-3-4-6-9(8)12-10/h7H,3-6H2,1-2H3. The van der Waals surface area contributed by atoms with E-state index in [2.05, 4.69) is 9.97 Å².